The highest BCUT2D eigenvalue weighted by Gasteiger charge is 2.42. The largest absolute Gasteiger partial charge is 0.299 e. The molecule has 2 nitrogen and oxygen atoms in total. The van der Waals surface area contributed by atoms with Crippen LogP contribution < -0.4 is 0 Å². The molecule has 2 bridgehead atoms. The molecule has 0 amide bonds. The molecule has 4 heteroatoms. The Morgan fingerprint density at radius 1 is 1.21 bits per heavy atom. The van der Waals surface area contributed by atoms with Crippen LogP contribution in [0.5, 0.6) is 0 Å². The normalized spacial score (nSPS) is 33.3. The topological polar surface area (TPSA) is 34.1 Å². The van der Waals surface area contributed by atoms with Crippen LogP contribution in [0.25, 0.3) is 0 Å². The lowest BCUT2D eigenvalue weighted by Crippen LogP contribution is -2.33. The van der Waals surface area contributed by atoms with Gasteiger partial charge in [-0.15, -0.1) is 0 Å². The number of hydrogen-bond donors (Lipinski definition) is 0. The standard InChI is InChI=1S/C15H17FO2S/c16-14-4-2-1-3-10(14)9-15(17)11-7-12-5-6-13(8-11)19(12)18/h1-4,11-13H,5-9H2. The van der Waals surface area contributed by atoms with Crippen LogP contribution in [-0.2, 0) is 22.0 Å². The Labute approximate surface area is 114 Å². The van der Waals surface area contributed by atoms with Gasteiger partial charge in [0.25, 0.3) is 0 Å². The van der Waals surface area contributed by atoms with Crippen LogP contribution in [-0.4, -0.2) is 20.5 Å². The molecule has 0 spiro atoms. The van der Waals surface area contributed by atoms with Crippen molar-refractivity contribution in [2.45, 2.75) is 42.6 Å². The number of carbonyl (C=O) groups is 1. The number of Topliss-reactive ketones (excluding diaryl/α,β-unsaturated/α-hetero) is 1. The summed E-state index contributed by atoms with van der Waals surface area (Å²) in [4.78, 5) is 12.3. The SMILES string of the molecule is O=C(Cc1ccccc1F)C1CC2CCC(C1)S2=O. The van der Waals surface area contributed by atoms with E-state index in [4.69, 9.17) is 0 Å². The molecule has 2 unspecified atom stereocenters. The molecule has 19 heavy (non-hydrogen) atoms. The second-order valence-corrected chi connectivity index (χ2v) is 7.54. The van der Waals surface area contributed by atoms with Crippen LogP contribution in [0.1, 0.15) is 31.2 Å². The Hall–Kier alpha value is -1.03. The number of carbonyl (C=O) groups excluding carboxylic acids is 1. The lowest BCUT2D eigenvalue weighted by atomic mass is 9.91. The summed E-state index contributed by atoms with van der Waals surface area (Å²) in [5, 5.41) is 0.404. The minimum absolute atomic E-state index is 0.0187. The quantitative estimate of drug-likeness (QED) is 0.853. The van der Waals surface area contributed by atoms with Crippen molar-refractivity contribution in [3.63, 3.8) is 0 Å². The molecule has 2 fully saturated rings. The first kappa shape index (κ1) is 13.0. The molecule has 2 heterocycles. The van der Waals surface area contributed by atoms with Crippen LogP contribution in [0.15, 0.2) is 24.3 Å². The van der Waals surface area contributed by atoms with Crippen LogP contribution >= 0.6 is 0 Å². The van der Waals surface area contributed by atoms with E-state index in [1.54, 1.807) is 18.2 Å². The average Bonchev–Trinajstić information content (AvgIpc) is 2.64. The maximum atomic E-state index is 13.5. The van der Waals surface area contributed by atoms with E-state index in [-0.39, 0.29) is 34.4 Å². The van der Waals surface area contributed by atoms with Crippen molar-refractivity contribution in [2.24, 2.45) is 5.92 Å². The van der Waals surface area contributed by atoms with E-state index in [9.17, 15) is 13.4 Å². The zero-order chi connectivity index (χ0) is 13.4. The molecule has 2 saturated heterocycles. The Bertz CT molecular complexity index is 513. The summed E-state index contributed by atoms with van der Waals surface area (Å²) in [7, 11) is -0.733. The molecule has 0 saturated carbocycles. The van der Waals surface area contributed by atoms with E-state index in [0.29, 0.717) is 5.56 Å². The Balaban J connectivity index is 1.69. The summed E-state index contributed by atoms with van der Waals surface area (Å²) in [5.41, 5.74) is 0.478. The molecule has 0 aliphatic carbocycles. The predicted octanol–water partition coefficient (Wildman–Crippen LogP) is 2.63. The van der Waals surface area contributed by atoms with Gasteiger partial charge in [0.2, 0.25) is 0 Å². The molecule has 0 N–H and O–H groups in total. The number of benzene rings is 1. The minimum Gasteiger partial charge on any atom is -0.299 e. The number of fused-ring (bicyclic) bond motifs is 2. The first-order chi connectivity index (χ1) is 9.15. The first-order valence-electron chi connectivity index (χ1n) is 6.80. The van der Waals surface area contributed by atoms with E-state index in [0.717, 1.165) is 25.7 Å². The summed E-state index contributed by atoms with van der Waals surface area (Å²) in [6.07, 6.45) is 3.61. The van der Waals surface area contributed by atoms with Crippen molar-refractivity contribution in [2.75, 3.05) is 0 Å². The summed E-state index contributed by atoms with van der Waals surface area (Å²) in [6, 6.07) is 6.45. The van der Waals surface area contributed by atoms with E-state index in [1.165, 1.54) is 6.07 Å². The molecule has 102 valence electrons. The smallest absolute Gasteiger partial charge is 0.140 e. The van der Waals surface area contributed by atoms with E-state index < -0.39 is 10.8 Å². The molecule has 1 aromatic carbocycles. The van der Waals surface area contributed by atoms with Gasteiger partial charge in [-0.05, 0) is 37.3 Å². The molecule has 0 aromatic heterocycles. The molecular formula is C15H17FO2S. The summed E-state index contributed by atoms with van der Waals surface area (Å²) < 4.78 is 25.5. The van der Waals surface area contributed by atoms with Crippen molar-refractivity contribution < 1.29 is 13.4 Å². The van der Waals surface area contributed by atoms with E-state index >= 15 is 0 Å². The number of halogens is 1. The number of ketones is 1. The second-order valence-electron chi connectivity index (χ2n) is 5.55. The molecule has 2 aliphatic heterocycles. The predicted molar refractivity (Wildman–Crippen MR) is 72.8 cm³/mol. The van der Waals surface area contributed by atoms with Gasteiger partial charge < -0.3 is 0 Å². The third-order valence-corrected chi connectivity index (χ3v) is 6.51. The average molecular weight is 280 g/mol. The Morgan fingerprint density at radius 3 is 2.47 bits per heavy atom. The molecule has 1 aromatic rings. The molecule has 3 rings (SSSR count). The van der Waals surface area contributed by atoms with Crippen molar-refractivity contribution in [3.8, 4) is 0 Å². The van der Waals surface area contributed by atoms with Crippen molar-refractivity contribution in [3.05, 3.63) is 35.6 Å². The van der Waals surface area contributed by atoms with Crippen molar-refractivity contribution in [1.82, 2.24) is 0 Å². The maximum absolute atomic E-state index is 13.5. The third-order valence-electron chi connectivity index (χ3n) is 4.34. The zero-order valence-electron chi connectivity index (χ0n) is 10.7. The molecule has 0 radical (unpaired) electrons. The lowest BCUT2D eigenvalue weighted by Gasteiger charge is -2.26. The monoisotopic (exact) mass is 280 g/mol. The summed E-state index contributed by atoms with van der Waals surface area (Å²) >= 11 is 0. The summed E-state index contributed by atoms with van der Waals surface area (Å²) in [5.74, 6) is -0.216. The Morgan fingerprint density at radius 2 is 1.84 bits per heavy atom. The number of rotatable bonds is 3. The summed E-state index contributed by atoms with van der Waals surface area (Å²) in [6.45, 7) is 0. The maximum Gasteiger partial charge on any atom is 0.140 e. The van der Waals surface area contributed by atoms with Gasteiger partial charge in [0.1, 0.15) is 11.6 Å². The van der Waals surface area contributed by atoms with Crippen LogP contribution in [0.2, 0.25) is 0 Å². The molecule has 2 atom stereocenters. The number of hydrogen-bond acceptors (Lipinski definition) is 2. The zero-order valence-corrected chi connectivity index (χ0v) is 11.5. The third kappa shape index (κ3) is 2.50. The van der Waals surface area contributed by atoms with Gasteiger partial charge in [0.15, 0.2) is 0 Å². The fraction of sp³-hybridized carbons (Fsp3) is 0.533. The van der Waals surface area contributed by atoms with Gasteiger partial charge in [-0.3, -0.25) is 9.00 Å². The van der Waals surface area contributed by atoms with Crippen LogP contribution in [0.4, 0.5) is 4.39 Å². The fourth-order valence-corrected chi connectivity index (χ4v) is 5.39. The van der Waals surface area contributed by atoms with Crippen molar-refractivity contribution in [1.29, 1.82) is 0 Å². The van der Waals surface area contributed by atoms with Crippen LogP contribution in [0, 0.1) is 11.7 Å². The van der Waals surface area contributed by atoms with Gasteiger partial charge in [-0.25, -0.2) is 4.39 Å². The van der Waals surface area contributed by atoms with Crippen molar-refractivity contribution >= 4 is 16.6 Å². The van der Waals surface area contributed by atoms with Gasteiger partial charge in [-0.1, -0.05) is 18.2 Å². The lowest BCUT2D eigenvalue weighted by molar-refractivity contribution is -0.122. The highest BCUT2D eigenvalue weighted by molar-refractivity contribution is 7.86. The van der Waals surface area contributed by atoms with Gasteiger partial charge in [0.05, 0.1) is 0 Å². The Kier molecular flexibility index (Phi) is 3.52. The fourth-order valence-electron chi connectivity index (χ4n) is 3.27. The van der Waals surface area contributed by atoms with E-state index in [2.05, 4.69) is 0 Å². The minimum atomic E-state index is -0.733. The van der Waals surface area contributed by atoms with Gasteiger partial charge >= 0.3 is 0 Å². The second kappa shape index (κ2) is 5.16. The van der Waals surface area contributed by atoms with Crippen LogP contribution in [0.3, 0.4) is 0 Å². The van der Waals surface area contributed by atoms with Gasteiger partial charge in [0, 0.05) is 33.6 Å². The van der Waals surface area contributed by atoms with E-state index in [1.807, 2.05) is 0 Å². The highest BCUT2D eigenvalue weighted by atomic mass is 32.2. The first-order valence-corrected chi connectivity index (χ1v) is 8.08. The molecular weight excluding hydrogens is 263 g/mol. The molecule has 2 aliphatic rings. The van der Waals surface area contributed by atoms with Gasteiger partial charge in [-0.2, -0.15) is 0 Å². The highest BCUT2D eigenvalue weighted by Crippen LogP contribution is 2.39.